The maximum absolute atomic E-state index is 13.2. The lowest BCUT2D eigenvalue weighted by Crippen LogP contribution is -2.44. The topological polar surface area (TPSA) is 67.6 Å². The molecule has 2 aromatic heterocycles. The Balaban J connectivity index is 1.26. The number of hydrogen-bond acceptors (Lipinski definition) is 5. The fourth-order valence-corrected chi connectivity index (χ4v) is 5.03. The minimum Gasteiger partial charge on any atom is -0.464 e. The van der Waals surface area contributed by atoms with Gasteiger partial charge in [-0.2, -0.15) is 0 Å². The zero-order valence-electron chi connectivity index (χ0n) is 17.6. The highest BCUT2D eigenvalue weighted by molar-refractivity contribution is 5.94. The lowest BCUT2D eigenvalue weighted by atomic mass is 9.77. The highest BCUT2D eigenvalue weighted by atomic mass is 16.5. The van der Waals surface area contributed by atoms with Crippen LogP contribution in [0.1, 0.15) is 23.2 Å². The Morgan fingerprint density at radius 1 is 1.06 bits per heavy atom. The average molecular weight is 418 g/mol. The van der Waals surface area contributed by atoms with E-state index in [9.17, 15) is 4.79 Å². The second-order valence-corrected chi connectivity index (χ2v) is 8.50. The van der Waals surface area contributed by atoms with Crippen molar-refractivity contribution in [2.75, 3.05) is 25.5 Å². The Hall–Kier alpha value is -3.12. The number of furan rings is 1. The number of carbonyl (C=O) groups excluding carboxylic acids is 1. The third-order valence-electron chi connectivity index (χ3n) is 6.64. The van der Waals surface area contributed by atoms with E-state index < -0.39 is 0 Å². The largest absolute Gasteiger partial charge is 0.464 e. The minimum atomic E-state index is 0.101. The molecule has 1 aliphatic heterocycles. The number of likely N-dealkylation sites (tertiary alicyclic amines) is 1. The van der Waals surface area contributed by atoms with Crippen molar-refractivity contribution >= 4 is 11.7 Å². The van der Waals surface area contributed by atoms with Crippen molar-refractivity contribution in [1.29, 1.82) is 0 Å². The first-order valence-corrected chi connectivity index (χ1v) is 10.8. The Morgan fingerprint density at radius 2 is 1.87 bits per heavy atom. The summed E-state index contributed by atoms with van der Waals surface area (Å²) in [4.78, 5) is 19.6. The molecule has 0 unspecified atom stereocenters. The van der Waals surface area contributed by atoms with Gasteiger partial charge in [0.1, 0.15) is 11.6 Å². The third-order valence-corrected chi connectivity index (χ3v) is 6.64. The molecular formula is C25H27N3O3. The Kier molecular flexibility index (Phi) is 5.47. The number of ether oxygens (including phenoxy) is 1. The van der Waals surface area contributed by atoms with Crippen LogP contribution < -0.4 is 5.32 Å². The Labute approximate surface area is 182 Å². The van der Waals surface area contributed by atoms with Crippen LogP contribution in [0.15, 0.2) is 71.5 Å². The molecule has 3 aromatic rings. The first kappa shape index (κ1) is 19.8. The summed E-state index contributed by atoms with van der Waals surface area (Å²) in [5.74, 6) is 2.72. The SMILES string of the molecule is CO[C@@H]1C[C@H]2CN(C(=O)c3ccc(-c4ccco4)cc3)C[C@H]2C[C@H]1Nc1ccccn1. The van der Waals surface area contributed by atoms with Crippen molar-refractivity contribution in [2.24, 2.45) is 11.8 Å². The van der Waals surface area contributed by atoms with E-state index in [-0.39, 0.29) is 18.1 Å². The number of methoxy groups -OCH3 is 1. The van der Waals surface area contributed by atoms with Crippen molar-refractivity contribution in [3.8, 4) is 11.3 Å². The average Bonchev–Trinajstić information content (AvgIpc) is 3.49. The predicted octanol–water partition coefficient (Wildman–Crippen LogP) is 4.32. The van der Waals surface area contributed by atoms with E-state index in [1.54, 1.807) is 19.6 Å². The van der Waals surface area contributed by atoms with E-state index in [1.807, 2.05) is 59.5 Å². The van der Waals surface area contributed by atoms with Gasteiger partial charge in [0, 0.05) is 37.5 Å². The van der Waals surface area contributed by atoms with Crippen LogP contribution in [0, 0.1) is 11.8 Å². The molecule has 0 radical (unpaired) electrons. The fourth-order valence-electron chi connectivity index (χ4n) is 5.03. The quantitative estimate of drug-likeness (QED) is 0.670. The normalized spacial score (nSPS) is 25.3. The zero-order valence-corrected chi connectivity index (χ0v) is 17.6. The molecule has 1 saturated heterocycles. The van der Waals surface area contributed by atoms with Crippen LogP contribution in [-0.2, 0) is 4.74 Å². The summed E-state index contributed by atoms with van der Waals surface area (Å²) in [7, 11) is 1.77. The minimum absolute atomic E-state index is 0.101. The van der Waals surface area contributed by atoms with E-state index in [0.29, 0.717) is 11.8 Å². The Morgan fingerprint density at radius 3 is 2.55 bits per heavy atom. The van der Waals surface area contributed by atoms with Gasteiger partial charge in [-0.15, -0.1) is 0 Å². The van der Waals surface area contributed by atoms with Crippen LogP contribution in [0.5, 0.6) is 0 Å². The van der Waals surface area contributed by atoms with Gasteiger partial charge in [0.25, 0.3) is 5.91 Å². The molecule has 31 heavy (non-hydrogen) atoms. The van der Waals surface area contributed by atoms with Gasteiger partial charge < -0.3 is 19.4 Å². The number of rotatable bonds is 5. The highest BCUT2D eigenvalue weighted by Gasteiger charge is 2.43. The highest BCUT2D eigenvalue weighted by Crippen LogP contribution is 2.39. The van der Waals surface area contributed by atoms with Gasteiger partial charge in [-0.3, -0.25) is 4.79 Å². The number of hydrogen-bond donors (Lipinski definition) is 1. The van der Waals surface area contributed by atoms with Gasteiger partial charge in [0.15, 0.2) is 0 Å². The zero-order chi connectivity index (χ0) is 21.2. The molecule has 6 heteroatoms. The Bertz CT molecular complexity index is 1000. The molecule has 2 fully saturated rings. The molecule has 1 aromatic carbocycles. The monoisotopic (exact) mass is 417 g/mol. The molecule has 4 atom stereocenters. The molecule has 1 N–H and O–H groups in total. The van der Waals surface area contributed by atoms with Crippen molar-refractivity contribution in [1.82, 2.24) is 9.88 Å². The first-order chi connectivity index (χ1) is 15.2. The molecule has 1 saturated carbocycles. The van der Waals surface area contributed by atoms with Gasteiger partial charge in [0.05, 0.1) is 18.4 Å². The van der Waals surface area contributed by atoms with Crippen LogP contribution in [0.2, 0.25) is 0 Å². The molecule has 2 aliphatic rings. The van der Waals surface area contributed by atoms with E-state index in [1.165, 1.54) is 0 Å². The van der Waals surface area contributed by atoms with E-state index in [2.05, 4.69) is 10.3 Å². The summed E-state index contributed by atoms with van der Waals surface area (Å²) in [6, 6.07) is 17.5. The number of benzene rings is 1. The van der Waals surface area contributed by atoms with Crippen molar-refractivity contribution in [2.45, 2.75) is 25.0 Å². The summed E-state index contributed by atoms with van der Waals surface area (Å²) >= 11 is 0. The maximum Gasteiger partial charge on any atom is 0.253 e. The number of nitrogens with one attached hydrogen (secondary N) is 1. The summed E-state index contributed by atoms with van der Waals surface area (Å²) in [5, 5.41) is 3.54. The van der Waals surface area contributed by atoms with E-state index in [0.717, 1.165) is 48.6 Å². The van der Waals surface area contributed by atoms with Crippen LogP contribution in [0.3, 0.4) is 0 Å². The molecule has 3 heterocycles. The van der Waals surface area contributed by atoms with Gasteiger partial charge in [-0.05, 0) is 61.1 Å². The molecule has 1 amide bonds. The number of anilines is 1. The van der Waals surface area contributed by atoms with Crippen LogP contribution in [0.25, 0.3) is 11.3 Å². The molecule has 6 nitrogen and oxygen atoms in total. The number of nitrogens with zero attached hydrogens (tertiary/aromatic N) is 2. The molecule has 160 valence electrons. The third kappa shape index (κ3) is 4.08. The molecule has 5 rings (SSSR count). The van der Waals surface area contributed by atoms with Crippen molar-refractivity contribution in [3.63, 3.8) is 0 Å². The summed E-state index contributed by atoms with van der Waals surface area (Å²) in [5.41, 5.74) is 1.70. The van der Waals surface area contributed by atoms with Gasteiger partial charge in [-0.25, -0.2) is 4.98 Å². The standard InChI is InChI=1S/C25H27N3O3/c1-30-23-14-20-16-28(15-19(20)13-21(23)27-24-6-2-3-11-26-24)25(29)18-9-7-17(8-10-18)22-5-4-12-31-22/h2-12,19-21,23H,13-16H2,1H3,(H,26,27)/t19-,20+,21-,23-/m1/s1. The van der Waals surface area contributed by atoms with Crippen LogP contribution >= 0.6 is 0 Å². The summed E-state index contributed by atoms with van der Waals surface area (Å²) < 4.78 is 11.3. The first-order valence-electron chi connectivity index (χ1n) is 10.8. The van der Waals surface area contributed by atoms with Gasteiger partial charge in [0.2, 0.25) is 0 Å². The maximum atomic E-state index is 13.2. The van der Waals surface area contributed by atoms with Gasteiger partial charge >= 0.3 is 0 Å². The van der Waals surface area contributed by atoms with E-state index >= 15 is 0 Å². The molecule has 1 aliphatic carbocycles. The molecule has 0 bridgehead atoms. The smallest absolute Gasteiger partial charge is 0.253 e. The summed E-state index contributed by atoms with van der Waals surface area (Å²) in [6.07, 6.45) is 5.49. The van der Waals surface area contributed by atoms with Gasteiger partial charge in [-0.1, -0.05) is 18.2 Å². The number of pyridine rings is 1. The van der Waals surface area contributed by atoms with E-state index in [4.69, 9.17) is 9.15 Å². The van der Waals surface area contributed by atoms with Crippen LogP contribution in [0.4, 0.5) is 5.82 Å². The number of carbonyl (C=O) groups is 1. The van der Waals surface area contributed by atoms with Crippen molar-refractivity contribution in [3.05, 3.63) is 72.6 Å². The second kappa shape index (κ2) is 8.55. The van der Waals surface area contributed by atoms with Crippen LogP contribution in [-0.4, -0.2) is 48.1 Å². The lowest BCUT2D eigenvalue weighted by Gasteiger charge is -2.37. The lowest BCUT2D eigenvalue weighted by molar-refractivity contribution is 0.0304. The predicted molar refractivity (Wildman–Crippen MR) is 119 cm³/mol. The molecule has 0 spiro atoms. The molecular weight excluding hydrogens is 390 g/mol. The number of amides is 1. The fraction of sp³-hybridized carbons (Fsp3) is 0.360. The number of aromatic nitrogens is 1. The van der Waals surface area contributed by atoms with Crippen molar-refractivity contribution < 1.29 is 13.9 Å². The second-order valence-electron chi connectivity index (χ2n) is 8.50. The number of fused-ring (bicyclic) bond motifs is 1. The summed E-state index contributed by atoms with van der Waals surface area (Å²) in [6.45, 7) is 1.58.